The van der Waals surface area contributed by atoms with Crippen LogP contribution in [0.5, 0.6) is 0 Å². The van der Waals surface area contributed by atoms with Crippen LogP contribution in [0.1, 0.15) is 25.7 Å². The molecule has 2 fully saturated rings. The monoisotopic (exact) mass is 198 g/mol. The molecule has 0 aromatic heterocycles. The van der Waals surface area contributed by atoms with Gasteiger partial charge in [0.05, 0.1) is 0 Å². The molecule has 0 spiro atoms. The molecule has 0 aromatic rings. The summed E-state index contributed by atoms with van der Waals surface area (Å²) < 4.78 is 0. The van der Waals surface area contributed by atoms with Crippen molar-refractivity contribution in [1.29, 1.82) is 0 Å². The van der Waals surface area contributed by atoms with Gasteiger partial charge >= 0.3 is 5.97 Å². The Morgan fingerprint density at radius 1 is 1.36 bits per heavy atom. The molecule has 0 aliphatic carbocycles. The van der Waals surface area contributed by atoms with Gasteiger partial charge in [-0.1, -0.05) is 0 Å². The van der Waals surface area contributed by atoms with E-state index in [4.69, 9.17) is 5.11 Å². The third-order valence-electron chi connectivity index (χ3n) is 3.32. The predicted octanol–water partition coefficient (Wildman–Crippen LogP) is 0.287. The van der Waals surface area contributed by atoms with E-state index in [-0.39, 0.29) is 6.04 Å². The van der Waals surface area contributed by atoms with Crippen LogP contribution in [0.2, 0.25) is 0 Å². The Morgan fingerprint density at radius 3 is 2.86 bits per heavy atom. The first-order valence-corrected chi connectivity index (χ1v) is 5.48. The molecule has 2 aliphatic heterocycles. The number of hydrogen-bond acceptors (Lipinski definition) is 3. The third kappa shape index (κ3) is 1.91. The fourth-order valence-corrected chi connectivity index (χ4v) is 2.61. The minimum Gasteiger partial charge on any atom is -0.480 e. The minimum absolute atomic E-state index is 0.222. The van der Waals surface area contributed by atoms with Gasteiger partial charge in [-0.3, -0.25) is 9.69 Å². The summed E-state index contributed by atoms with van der Waals surface area (Å²) in [7, 11) is 0. The number of piperidine rings is 1. The van der Waals surface area contributed by atoms with Crippen molar-refractivity contribution in [2.45, 2.75) is 37.8 Å². The van der Waals surface area contributed by atoms with Gasteiger partial charge < -0.3 is 10.4 Å². The third-order valence-corrected chi connectivity index (χ3v) is 3.32. The van der Waals surface area contributed by atoms with Crippen LogP contribution >= 0.6 is 0 Å². The highest BCUT2D eigenvalue weighted by molar-refractivity contribution is 5.73. The maximum Gasteiger partial charge on any atom is 0.320 e. The average molecular weight is 198 g/mol. The molecule has 4 heteroatoms. The lowest BCUT2D eigenvalue weighted by atomic mass is 10.0. The summed E-state index contributed by atoms with van der Waals surface area (Å²) in [6.45, 7) is 3.01. The van der Waals surface area contributed by atoms with Crippen molar-refractivity contribution in [3.05, 3.63) is 0 Å². The molecular weight excluding hydrogens is 180 g/mol. The maximum absolute atomic E-state index is 11.0. The van der Waals surface area contributed by atoms with Gasteiger partial charge in [-0.25, -0.2) is 0 Å². The van der Waals surface area contributed by atoms with Crippen molar-refractivity contribution in [3.63, 3.8) is 0 Å². The van der Waals surface area contributed by atoms with E-state index in [1.165, 1.54) is 6.42 Å². The Hall–Kier alpha value is -0.610. The van der Waals surface area contributed by atoms with E-state index in [1.807, 2.05) is 0 Å². The highest BCUT2D eigenvalue weighted by Gasteiger charge is 2.35. The summed E-state index contributed by atoms with van der Waals surface area (Å²) in [6.07, 6.45) is 4.18. The van der Waals surface area contributed by atoms with E-state index < -0.39 is 5.97 Å². The summed E-state index contributed by atoms with van der Waals surface area (Å²) in [5.41, 5.74) is 0. The smallest absolute Gasteiger partial charge is 0.320 e. The van der Waals surface area contributed by atoms with Gasteiger partial charge in [-0.05, 0) is 38.8 Å². The summed E-state index contributed by atoms with van der Waals surface area (Å²) in [6, 6.07) is 0.229. The van der Waals surface area contributed by atoms with Gasteiger partial charge in [-0.15, -0.1) is 0 Å². The van der Waals surface area contributed by atoms with Gasteiger partial charge in [-0.2, -0.15) is 0 Å². The molecule has 80 valence electrons. The molecule has 2 heterocycles. The average Bonchev–Trinajstić information content (AvgIpc) is 2.67. The predicted molar refractivity (Wildman–Crippen MR) is 53.3 cm³/mol. The van der Waals surface area contributed by atoms with Crippen molar-refractivity contribution >= 4 is 5.97 Å². The SMILES string of the molecule is O=C(O)C1CCCN1C1CCCNC1. The number of hydrogen-bond donors (Lipinski definition) is 2. The van der Waals surface area contributed by atoms with E-state index in [0.29, 0.717) is 6.04 Å². The van der Waals surface area contributed by atoms with Crippen LogP contribution in [0.4, 0.5) is 0 Å². The highest BCUT2D eigenvalue weighted by Crippen LogP contribution is 2.23. The number of nitrogens with zero attached hydrogens (tertiary/aromatic N) is 1. The van der Waals surface area contributed by atoms with E-state index >= 15 is 0 Å². The standard InChI is InChI=1S/C10H18N2O2/c13-10(14)9-4-2-6-12(9)8-3-1-5-11-7-8/h8-9,11H,1-7H2,(H,13,14). The molecule has 0 saturated carbocycles. The Kier molecular flexibility index (Phi) is 3.03. The van der Waals surface area contributed by atoms with E-state index in [2.05, 4.69) is 10.2 Å². The molecule has 4 nitrogen and oxygen atoms in total. The summed E-state index contributed by atoms with van der Waals surface area (Å²) in [5.74, 6) is -0.645. The van der Waals surface area contributed by atoms with Crippen LogP contribution in [0.25, 0.3) is 0 Å². The van der Waals surface area contributed by atoms with Crippen molar-refractivity contribution < 1.29 is 9.90 Å². The lowest BCUT2D eigenvalue weighted by Gasteiger charge is -2.34. The van der Waals surface area contributed by atoms with Gasteiger partial charge in [0.2, 0.25) is 0 Å². The van der Waals surface area contributed by atoms with Crippen LogP contribution < -0.4 is 5.32 Å². The van der Waals surface area contributed by atoms with Crippen molar-refractivity contribution in [2.24, 2.45) is 0 Å². The fourth-order valence-electron chi connectivity index (χ4n) is 2.61. The maximum atomic E-state index is 11.0. The number of rotatable bonds is 2. The van der Waals surface area contributed by atoms with Crippen LogP contribution in [-0.2, 0) is 4.79 Å². The van der Waals surface area contributed by atoms with Crippen molar-refractivity contribution in [3.8, 4) is 0 Å². The molecule has 0 amide bonds. The van der Waals surface area contributed by atoms with Gasteiger partial charge in [0.1, 0.15) is 6.04 Å². The number of aliphatic carboxylic acids is 1. The normalized spacial score (nSPS) is 34.6. The van der Waals surface area contributed by atoms with Gasteiger partial charge in [0.25, 0.3) is 0 Å². The number of carboxylic acids is 1. The zero-order valence-corrected chi connectivity index (χ0v) is 8.41. The van der Waals surface area contributed by atoms with Gasteiger partial charge in [0.15, 0.2) is 0 Å². The molecule has 0 radical (unpaired) electrons. The van der Waals surface area contributed by atoms with Crippen LogP contribution in [0, 0.1) is 0 Å². The fraction of sp³-hybridized carbons (Fsp3) is 0.900. The molecule has 14 heavy (non-hydrogen) atoms. The number of nitrogens with one attached hydrogen (secondary N) is 1. The second kappa shape index (κ2) is 4.28. The summed E-state index contributed by atoms with van der Waals surface area (Å²) >= 11 is 0. The molecule has 2 unspecified atom stereocenters. The molecule has 0 aromatic carbocycles. The molecule has 2 saturated heterocycles. The molecule has 2 N–H and O–H groups in total. The zero-order chi connectivity index (χ0) is 9.97. The quantitative estimate of drug-likeness (QED) is 0.669. The Morgan fingerprint density at radius 2 is 2.21 bits per heavy atom. The first kappa shape index (κ1) is 9.93. The Balaban J connectivity index is 1.97. The second-order valence-electron chi connectivity index (χ2n) is 4.23. The van der Waals surface area contributed by atoms with Crippen LogP contribution in [-0.4, -0.2) is 47.7 Å². The number of likely N-dealkylation sites (tertiary alicyclic amines) is 1. The van der Waals surface area contributed by atoms with Crippen LogP contribution in [0.15, 0.2) is 0 Å². The molecule has 0 bridgehead atoms. The highest BCUT2D eigenvalue weighted by atomic mass is 16.4. The Bertz CT molecular complexity index is 214. The largest absolute Gasteiger partial charge is 0.480 e. The summed E-state index contributed by atoms with van der Waals surface area (Å²) in [4.78, 5) is 13.2. The molecule has 2 rings (SSSR count). The molecular formula is C10H18N2O2. The van der Waals surface area contributed by atoms with Crippen molar-refractivity contribution in [2.75, 3.05) is 19.6 Å². The Labute approximate surface area is 84.3 Å². The van der Waals surface area contributed by atoms with E-state index in [0.717, 1.165) is 38.9 Å². The topological polar surface area (TPSA) is 52.6 Å². The van der Waals surface area contributed by atoms with Gasteiger partial charge in [0, 0.05) is 12.6 Å². The van der Waals surface area contributed by atoms with Crippen molar-refractivity contribution in [1.82, 2.24) is 10.2 Å². The minimum atomic E-state index is -0.645. The lowest BCUT2D eigenvalue weighted by Crippen LogP contribution is -2.50. The first-order chi connectivity index (χ1) is 6.79. The summed E-state index contributed by atoms with van der Waals surface area (Å²) in [5, 5.41) is 12.4. The second-order valence-corrected chi connectivity index (χ2v) is 4.23. The number of carbonyl (C=O) groups is 1. The molecule has 2 atom stereocenters. The van der Waals surface area contributed by atoms with Crippen LogP contribution in [0.3, 0.4) is 0 Å². The molecule has 2 aliphatic rings. The number of carboxylic acid groups (broad SMARTS) is 1. The van der Waals surface area contributed by atoms with E-state index in [1.54, 1.807) is 0 Å². The zero-order valence-electron chi connectivity index (χ0n) is 8.41. The first-order valence-electron chi connectivity index (χ1n) is 5.48. The van der Waals surface area contributed by atoms with E-state index in [9.17, 15) is 4.79 Å². The lowest BCUT2D eigenvalue weighted by molar-refractivity contribution is -0.143.